The summed E-state index contributed by atoms with van der Waals surface area (Å²) in [6.07, 6.45) is 5.51. The van der Waals surface area contributed by atoms with E-state index < -0.39 is 4.92 Å². The lowest BCUT2D eigenvalue weighted by Gasteiger charge is -2.11. The van der Waals surface area contributed by atoms with Crippen LogP contribution in [0.5, 0.6) is 5.75 Å². The molecule has 0 aliphatic rings. The fourth-order valence-electron chi connectivity index (χ4n) is 3.81. The van der Waals surface area contributed by atoms with Gasteiger partial charge in [0, 0.05) is 38.4 Å². The number of aromatic amines is 1. The van der Waals surface area contributed by atoms with E-state index in [0.717, 1.165) is 25.8 Å². The first-order valence-electron chi connectivity index (χ1n) is 10.2. The summed E-state index contributed by atoms with van der Waals surface area (Å²) in [5, 5.41) is 12.5. The Bertz CT molecular complexity index is 1650. The zero-order valence-corrected chi connectivity index (χ0v) is 20.0. The van der Waals surface area contributed by atoms with Crippen molar-refractivity contribution < 1.29 is 9.66 Å². The van der Waals surface area contributed by atoms with Gasteiger partial charge < -0.3 is 9.72 Å². The zero-order chi connectivity index (χ0) is 23.8. The Kier molecular flexibility index (Phi) is 5.62. The summed E-state index contributed by atoms with van der Waals surface area (Å²) < 4.78 is 7.72. The van der Waals surface area contributed by atoms with Crippen molar-refractivity contribution in [1.29, 1.82) is 0 Å². The first-order valence-corrected chi connectivity index (χ1v) is 11.3. The first kappa shape index (κ1) is 21.8. The van der Waals surface area contributed by atoms with E-state index in [-0.39, 0.29) is 11.2 Å². The molecular formula is C25H17IN4O4. The molecule has 2 heterocycles. The van der Waals surface area contributed by atoms with Crippen molar-refractivity contribution in [3.8, 4) is 11.4 Å². The highest BCUT2D eigenvalue weighted by Crippen LogP contribution is 2.26. The summed E-state index contributed by atoms with van der Waals surface area (Å²) >= 11 is 2.15. The molecule has 9 heteroatoms. The van der Waals surface area contributed by atoms with Crippen LogP contribution in [-0.2, 0) is 0 Å². The van der Waals surface area contributed by atoms with Gasteiger partial charge >= 0.3 is 0 Å². The molecule has 168 valence electrons. The number of non-ortho nitro benzene ring substituents is 1. The van der Waals surface area contributed by atoms with Crippen molar-refractivity contribution in [1.82, 2.24) is 14.5 Å². The van der Waals surface area contributed by atoms with E-state index in [0.29, 0.717) is 22.4 Å². The van der Waals surface area contributed by atoms with Gasteiger partial charge in [0.15, 0.2) is 0 Å². The second kappa shape index (κ2) is 8.75. The standard InChI is InChI=1S/C25H17IN4O4/c1-34-19-8-10-22-20(13-19)15(14-27-22)2-11-24-28-23-9-3-16(26)12-21(23)25(31)29(24)17-4-6-18(7-5-17)30(32)33/h2-14,27H,1H3/b11-2+. The molecule has 5 rings (SSSR count). The smallest absolute Gasteiger partial charge is 0.269 e. The quantitative estimate of drug-likeness (QED) is 0.171. The summed E-state index contributed by atoms with van der Waals surface area (Å²) in [5.74, 6) is 1.15. The number of fused-ring (bicyclic) bond motifs is 2. The normalized spacial score (nSPS) is 11.5. The molecular weight excluding hydrogens is 547 g/mol. The number of nitrogens with one attached hydrogen (secondary N) is 1. The highest BCUT2D eigenvalue weighted by Gasteiger charge is 2.14. The lowest BCUT2D eigenvalue weighted by Crippen LogP contribution is -2.22. The third kappa shape index (κ3) is 3.94. The minimum absolute atomic E-state index is 0.0510. The molecule has 1 N–H and O–H groups in total. The minimum Gasteiger partial charge on any atom is -0.497 e. The summed E-state index contributed by atoms with van der Waals surface area (Å²) in [6.45, 7) is 0. The number of ether oxygens (including phenoxy) is 1. The maximum atomic E-state index is 13.5. The van der Waals surface area contributed by atoms with Crippen LogP contribution in [0.15, 0.2) is 71.7 Å². The highest BCUT2D eigenvalue weighted by atomic mass is 127. The minimum atomic E-state index is -0.473. The molecule has 3 aromatic carbocycles. The van der Waals surface area contributed by atoms with Crippen LogP contribution in [0.25, 0.3) is 39.6 Å². The maximum Gasteiger partial charge on any atom is 0.269 e. The van der Waals surface area contributed by atoms with Gasteiger partial charge in [0.1, 0.15) is 11.6 Å². The zero-order valence-electron chi connectivity index (χ0n) is 17.9. The second-order valence-corrected chi connectivity index (χ2v) is 8.78. The molecule has 34 heavy (non-hydrogen) atoms. The van der Waals surface area contributed by atoms with Crippen molar-refractivity contribution in [2.75, 3.05) is 7.11 Å². The molecule has 0 aliphatic heterocycles. The molecule has 2 aromatic heterocycles. The molecule has 0 amide bonds. The number of hydrogen-bond acceptors (Lipinski definition) is 5. The number of H-pyrrole nitrogens is 1. The summed E-state index contributed by atoms with van der Waals surface area (Å²) in [7, 11) is 1.62. The Labute approximate surface area is 206 Å². The third-order valence-electron chi connectivity index (χ3n) is 5.51. The van der Waals surface area contributed by atoms with E-state index in [1.807, 2.05) is 42.6 Å². The van der Waals surface area contributed by atoms with Gasteiger partial charge in [-0.2, -0.15) is 0 Å². The van der Waals surface area contributed by atoms with E-state index in [1.54, 1.807) is 31.4 Å². The Morgan fingerprint density at radius 1 is 1.06 bits per heavy atom. The van der Waals surface area contributed by atoms with Gasteiger partial charge in [-0.25, -0.2) is 4.98 Å². The Balaban J connectivity index is 1.70. The number of nitro groups is 1. The Hall–Kier alpha value is -3.99. The third-order valence-corrected chi connectivity index (χ3v) is 6.18. The van der Waals surface area contributed by atoms with Gasteiger partial charge in [-0.1, -0.05) is 0 Å². The molecule has 0 bridgehead atoms. The van der Waals surface area contributed by atoms with E-state index in [4.69, 9.17) is 9.72 Å². The van der Waals surface area contributed by atoms with Crippen LogP contribution < -0.4 is 10.3 Å². The lowest BCUT2D eigenvalue weighted by molar-refractivity contribution is -0.384. The average Bonchev–Trinajstić information content (AvgIpc) is 3.25. The summed E-state index contributed by atoms with van der Waals surface area (Å²) in [6, 6.07) is 17.1. The lowest BCUT2D eigenvalue weighted by atomic mass is 10.1. The molecule has 0 saturated heterocycles. The van der Waals surface area contributed by atoms with Gasteiger partial charge in [-0.3, -0.25) is 19.5 Å². The number of nitro benzene ring substituents is 1. The first-order chi connectivity index (χ1) is 16.4. The molecule has 0 saturated carbocycles. The summed E-state index contributed by atoms with van der Waals surface area (Å²) in [4.78, 5) is 32.1. The summed E-state index contributed by atoms with van der Waals surface area (Å²) in [5.41, 5.74) is 2.62. The monoisotopic (exact) mass is 564 g/mol. The maximum absolute atomic E-state index is 13.5. The molecule has 0 aliphatic carbocycles. The Morgan fingerprint density at radius 3 is 2.59 bits per heavy atom. The number of hydrogen-bond donors (Lipinski definition) is 1. The number of methoxy groups -OCH3 is 1. The average molecular weight is 564 g/mol. The molecule has 0 unspecified atom stereocenters. The van der Waals surface area contributed by atoms with Crippen LogP contribution in [0.1, 0.15) is 11.4 Å². The fourth-order valence-corrected chi connectivity index (χ4v) is 4.30. The number of nitrogens with zero attached hydrogens (tertiary/aromatic N) is 3. The van der Waals surface area contributed by atoms with Crippen LogP contribution in [0, 0.1) is 13.7 Å². The van der Waals surface area contributed by atoms with Crippen molar-refractivity contribution in [2.24, 2.45) is 0 Å². The number of rotatable bonds is 5. The van der Waals surface area contributed by atoms with Crippen LogP contribution in [-0.4, -0.2) is 26.6 Å². The van der Waals surface area contributed by atoms with Gasteiger partial charge in [-0.15, -0.1) is 0 Å². The highest BCUT2D eigenvalue weighted by molar-refractivity contribution is 14.1. The Morgan fingerprint density at radius 2 is 1.85 bits per heavy atom. The van der Waals surface area contributed by atoms with Gasteiger partial charge in [0.05, 0.1) is 28.6 Å². The van der Waals surface area contributed by atoms with E-state index in [1.165, 1.54) is 16.7 Å². The van der Waals surface area contributed by atoms with Crippen LogP contribution in [0.3, 0.4) is 0 Å². The van der Waals surface area contributed by atoms with Crippen LogP contribution >= 0.6 is 22.6 Å². The molecule has 0 fully saturated rings. The topological polar surface area (TPSA) is 103 Å². The van der Waals surface area contributed by atoms with Crippen molar-refractivity contribution in [2.45, 2.75) is 0 Å². The SMILES string of the molecule is COc1ccc2[nH]cc(/C=C/c3nc4ccc(I)cc4c(=O)n3-c3ccc([N+](=O)[O-])cc3)c2c1. The predicted molar refractivity (Wildman–Crippen MR) is 140 cm³/mol. The number of aromatic nitrogens is 3. The van der Waals surface area contributed by atoms with Gasteiger partial charge in [0.25, 0.3) is 11.2 Å². The molecule has 0 atom stereocenters. The molecule has 5 aromatic rings. The number of halogens is 1. The number of benzene rings is 3. The predicted octanol–water partition coefficient (Wildman–Crippen LogP) is 5.56. The van der Waals surface area contributed by atoms with Crippen molar-refractivity contribution >= 4 is 62.2 Å². The van der Waals surface area contributed by atoms with Gasteiger partial charge in [0.2, 0.25) is 0 Å². The second-order valence-electron chi connectivity index (χ2n) is 7.53. The van der Waals surface area contributed by atoms with Crippen LogP contribution in [0.4, 0.5) is 5.69 Å². The van der Waals surface area contributed by atoms with Gasteiger partial charge in [-0.05, 0) is 83.3 Å². The van der Waals surface area contributed by atoms with Crippen LogP contribution in [0.2, 0.25) is 0 Å². The van der Waals surface area contributed by atoms with Crippen molar-refractivity contribution in [3.63, 3.8) is 0 Å². The molecule has 8 nitrogen and oxygen atoms in total. The fraction of sp³-hybridized carbons (Fsp3) is 0.0400. The molecule has 0 spiro atoms. The largest absolute Gasteiger partial charge is 0.497 e. The van der Waals surface area contributed by atoms with Crippen molar-refractivity contribution in [3.05, 3.63) is 102 Å². The molecule has 0 radical (unpaired) electrons. The van der Waals surface area contributed by atoms with E-state index in [2.05, 4.69) is 27.6 Å². The van der Waals surface area contributed by atoms with E-state index >= 15 is 0 Å². The van der Waals surface area contributed by atoms with E-state index in [9.17, 15) is 14.9 Å².